The first-order valence-electron chi connectivity index (χ1n) is 9.42. The minimum absolute atomic E-state index is 0. The lowest BCUT2D eigenvalue weighted by atomic mass is 10.2. The van der Waals surface area contributed by atoms with E-state index in [9.17, 15) is 4.79 Å². The molecule has 1 aromatic heterocycles. The third kappa shape index (κ3) is 5.06. The number of nitrogens with one attached hydrogen (secondary N) is 2. The zero-order valence-electron chi connectivity index (χ0n) is 16.3. The summed E-state index contributed by atoms with van der Waals surface area (Å²) in [5, 5.41) is 6.28. The Morgan fingerprint density at radius 1 is 1.31 bits per heavy atom. The van der Waals surface area contributed by atoms with E-state index in [0.717, 1.165) is 28.9 Å². The summed E-state index contributed by atoms with van der Waals surface area (Å²) in [7, 11) is 1.65. The summed E-state index contributed by atoms with van der Waals surface area (Å²) in [6.07, 6.45) is 0.350. The van der Waals surface area contributed by atoms with Gasteiger partial charge >= 0.3 is 0 Å². The van der Waals surface area contributed by atoms with Crippen LogP contribution in [0, 0.1) is 0 Å². The number of carbonyl (C=O) groups is 1. The van der Waals surface area contributed by atoms with Gasteiger partial charge in [0.2, 0.25) is 11.9 Å². The number of carbonyl (C=O) groups excluding carboxylic acids is 1. The standard InChI is InChI=1S/C21H24N4O3.ClH/c1-27-17-6-4-5-15(11-17)13-25-19-8-3-2-7-18(19)23-21(25)24-20(26)12-16-14-28-10-9-22-16;/h2-8,11,16,22H,9-10,12-14H2,1H3,(H,23,24,26);1H. The highest BCUT2D eigenvalue weighted by molar-refractivity contribution is 5.92. The fraction of sp³-hybridized carbons (Fsp3) is 0.333. The van der Waals surface area contributed by atoms with Crippen molar-refractivity contribution in [1.82, 2.24) is 14.9 Å². The van der Waals surface area contributed by atoms with Crippen molar-refractivity contribution in [1.29, 1.82) is 0 Å². The van der Waals surface area contributed by atoms with E-state index in [-0.39, 0.29) is 24.4 Å². The number of methoxy groups -OCH3 is 1. The molecule has 0 bridgehead atoms. The summed E-state index contributed by atoms with van der Waals surface area (Å²) in [5.74, 6) is 1.27. The molecule has 1 amide bonds. The molecule has 1 fully saturated rings. The van der Waals surface area contributed by atoms with Crippen LogP contribution >= 0.6 is 12.4 Å². The van der Waals surface area contributed by atoms with Gasteiger partial charge in [0.15, 0.2) is 0 Å². The molecule has 2 heterocycles. The molecule has 29 heavy (non-hydrogen) atoms. The van der Waals surface area contributed by atoms with Gasteiger partial charge < -0.3 is 19.4 Å². The van der Waals surface area contributed by atoms with Gasteiger partial charge in [0.1, 0.15) is 5.75 Å². The first-order chi connectivity index (χ1) is 13.7. The molecular weight excluding hydrogens is 392 g/mol. The van der Waals surface area contributed by atoms with Crippen molar-refractivity contribution in [2.24, 2.45) is 0 Å². The minimum Gasteiger partial charge on any atom is -0.497 e. The Bertz CT molecular complexity index is 969. The number of para-hydroxylation sites is 2. The molecule has 7 nitrogen and oxygen atoms in total. The third-order valence-electron chi connectivity index (χ3n) is 4.81. The SMILES string of the molecule is COc1cccc(Cn2c(NC(=O)CC3COCCN3)nc3ccccc32)c1.Cl. The number of hydrogen-bond acceptors (Lipinski definition) is 5. The average Bonchev–Trinajstić information content (AvgIpc) is 3.06. The summed E-state index contributed by atoms with van der Waals surface area (Å²) >= 11 is 0. The molecule has 1 aliphatic rings. The fourth-order valence-electron chi connectivity index (χ4n) is 3.43. The van der Waals surface area contributed by atoms with Gasteiger partial charge in [0.05, 0.1) is 37.9 Å². The van der Waals surface area contributed by atoms with Crippen LogP contribution in [0.25, 0.3) is 11.0 Å². The number of fused-ring (bicyclic) bond motifs is 1. The van der Waals surface area contributed by atoms with Crippen molar-refractivity contribution >= 4 is 35.3 Å². The van der Waals surface area contributed by atoms with Crippen molar-refractivity contribution < 1.29 is 14.3 Å². The number of ether oxygens (including phenoxy) is 2. The highest BCUT2D eigenvalue weighted by Gasteiger charge is 2.19. The zero-order chi connectivity index (χ0) is 19.3. The summed E-state index contributed by atoms with van der Waals surface area (Å²) in [6.45, 7) is 2.59. The molecule has 0 spiro atoms. The highest BCUT2D eigenvalue weighted by Crippen LogP contribution is 2.23. The maximum absolute atomic E-state index is 12.6. The van der Waals surface area contributed by atoms with Crippen LogP contribution in [0.2, 0.25) is 0 Å². The van der Waals surface area contributed by atoms with Crippen molar-refractivity contribution in [3.63, 3.8) is 0 Å². The van der Waals surface area contributed by atoms with E-state index in [1.165, 1.54) is 0 Å². The van der Waals surface area contributed by atoms with Crippen LogP contribution in [0.4, 0.5) is 5.95 Å². The van der Waals surface area contributed by atoms with Crippen molar-refractivity contribution in [3.05, 3.63) is 54.1 Å². The Hall–Kier alpha value is -2.61. The normalized spacial score (nSPS) is 16.2. The Kier molecular flexibility index (Phi) is 7.09. The second kappa shape index (κ2) is 9.73. The molecular formula is C21H25ClN4O3. The topological polar surface area (TPSA) is 77.4 Å². The number of hydrogen-bond donors (Lipinski definition) is 2. The molecule has 2 N–H and O–H groups in total. The van der Waals surface area contributed by atoms with E-state index in [2.05, 4.69) is 15.6 Å². The number of aromatic nitrogens is 2. The van der Waals surface area contributed by atoms with Gasteiger partial charge in [-0.15, -0.1) is 12.4 Å². The van der Waals surface area contributed by atoms with Gasteiger partial charge in [-0.05, 0) is 29.8 Å². The lowest BCUT2D eigenvalue weighted by Gasteiger charge is -2.23. The number of nitrogens with zero attached hydrogens (tertiary/aromatic N) is 2. The summed E-state index contributed by atoms with van der Waals surface area (Å²) in [6, 6.07) is 15.8. The van der Waals surface area contributed by atoms with Crippen LogP contribution in [0.1, 0.15) is 12.0 Å². The second-order valence-corrected chi connectivity index (χ2v) is 6.84. The molecule has 3 aromatic rings. The monoisotopic (exact) mass is 416 g/mol. The van der Waals surface area contributed by atoms with Crippen LogP contribution in [-0.2, 0) is 16.1 Å². The Balaban J connectivity index is 0.00000240. The molecule has 154 valence electrons. The van der Waals surface area contributed by atoms with Gasteiger partial charge in [-0.2, -0.15) is 0 Å². The van der Waals surface area contributed by atoms with Crippen molar-refractivity contribution in [2.45, 2.75) is 19.0 Å². The van der Waals surface area contributed by atoms with E-state index in [1.807, 2.05) is 53.1 Å². The quantitative estimate of drug-likeness (QED) is 0.646. The lowest BCUT2D eigenvalue weighted by molar-refractivity contribution is -0.117. The highest BCUT2D eigenvalue weighted by atomic mass is 35.5. The van der Waals surface area contributed by atoms with Crippen LogP contribution in [-0.4, -0.2) is 48.4 Å². The fourth-order valence-corrected chi connectivity index (χ4v) is 3.43. The number of imidazole rings is 1. The van der Waals surface area contributed by atoms with Crippen LogP contribution < -0.4 is 15.4 Å². The molecule has 0 radical (unpaired) electrons. The van der Waals surface area contributed by atoms with E-state index in [1.54, 1.807) is 7.11 Å². The zero-order valence-corrected chi connectivity index (χ0v) is 17.1. The number of benzene rings is 2. The first kappa shape index (κ1) is 21.1. The van der Waals surface area contributed by atoms with Crippen LogP contribution in [0.15, 0.2) is 48.5 Å². The van der Waals surface area contributed by atoms with Crippen LogP contribution in [0.5, 0.6) is 5.75 Å². The smallest absolute Gasteiger partial charge is 0.228 e. The number of anilines is 1. The van der Waals surface area contributed by atoms with Crippen molar-refractivity contribution in [3.8, 4) is 5.75 Å². The van der Waals surface area contributed by atoms with Gasteiger partial charge in [0, 0.05) is 19.0 Å². The van der Waals surface area contributed by atoms with Gasteiger partial charge in [-0.1, -0.05) is 24.3 Å². The number of amides is 1. The summed E-state index contributed by atoms with van der Waals surface area (Å²) in [4.78, 5) is 17.2. The molecule has 1 saturated heterocycles. The average molecular weight is 417 g/mol. The molecule has 1 aliphatic heterocycles. The molecule has 0 aliphatic carbocycles. The van der Waals surface area contributed by atoms with Crippen LogP contribution in [0.3, 0.4) is 0 Å². The lowest BCUT2D eigenvalue weighted by Crippen LogP contribution is -2.43. The molecule has 1 atom stereocenters. The Morgan fingerprint density at radius 2 is 2.17 bits per heavy atom. The summed E-state index contributed by atoms with van der Waals surface area (Å²) in [5.41, 5.74) is 2.89. The molecule has 4 rings (SSSR count). The van der Waals surface area contributed by atoms with Gasteiger partial charge in [0.25, 0.3) is 0 Å². The predicted molar refractivity (Wildman–Crippen MR) is 115 cm³/mol. The van der Waals surface area contributed by atoms with E-state index in [4.69, 9.17) is 9.47 Å². The Morgan fingerprint density at radius 3 is 2.97 bits per heavy atom. The molecule has 0 saturated carbocycles. The predicted octanol–water partition coefficient (Wildman–Crippen LogP) is 2.83. The maximum Gasteiger partial charge on any atom is 0.228 e. The minimum atomic E-state index is -0.0785. The van der Waals surface area contributed by atoms with E-state index >= 15 is 0 Å². The molecule has 1 unspecified atom stereocenters. The molecule has 2 aromatic carbocycles. The maximum atomic E-state index is 12.6. The van der Waals surface area contributed by atoms with Crippen molar-refractivity contribution in [2.75, 3.05) is 32.2 Å². The number of halogens is 1. The third-order valence-corrected chi connectivity index (χ3v) is 4.81. The second-order valence-electron chi connectivity index (χ2n) is 6.84. The van der Waals surface area contributed by atoms with Gasteiger partial charge in [-0.25, -0.2) is 4.98 Å². The van der Waals surface area contributed by atoms with Gasteiger partial charge in [-0.3, -0.25) is 10.1 Å². The van der Waals surface area contributed by atoms with E-state index < -0.39 is 0 Å². The van der Waals surface area contributed by atoms with E-state index in [0.29, 0.717) is 32.1 Å². The first-order valence-corrected chi connectivity index (χ1v) is 9.42. The molecule has 8 heteroatoms. The number of morpholine rings is 1. The Labute approximate surface area is 175 Å². The largest absolute Gasteiger partial charge is 0.497 e. The summed E-state index contributed by atoms with van der Waals surface area (Å²) < 4.78 is 12.8. The number of rotatable bonds is 6.